The van der Waals surface area contributed by atoms with E-state index in [1.807, 2.05) is 0 Å². The number of hydrogen-bond donors (Lipinski definition) is 0. The van der Waals surface area contributed by atoms with E-state index in [4.69, 9.17) is 18.9 Å². The van der Waals surface area contributed by atoms with Gasteiger partial charge in [0.05, 0.1) is 11.4 Å². The van der Waals surface area contributed by atoms with Gasteiger partial charge in [-0.1, -0.05) is 91.0 Å². The minimum atomic E-state index is -0.0552. The Hall–Kier alpha value is -6.53. The summed E-state index contributed by atoms with van der Waals surface area (Å²) in [5.41, 5.74) is 20.0. The van der Waals surface area contributed by atoms with Crippen LogP contribution in [0.15, 0.2) is 109 Å². The predicted octanol–water partition coefficient (Wildman–Crippen LogP) is 7.87. The van der Waals surface area contributed by atoms with Crippen molar-refractivity contribution in [3.05, 3.63) is 131 Å². The van der Waals surface area contributed by atoms with Crippen LogP contribution in [0.5, 0.6) is 46.0 Å². The molecule has 0 atom stereocenters. The highest BCUT2D eigenvalue weighted by Crippen LogP contribution is 2.52. The van der Waals surface area contributed by atoms with Crippen molar-refractivity contribution in [2.75, 3.05) is 36.0 Å². The maximum Gasteiger partial charge on any atom is 0.260 e. The minimum Gasteiger partial charge on any atom is -0.458 e. The summed E-state index contributed by atoms with van der Waals surface area (Å²) >= 11 is 0. The zero-order valence-electron chi connectivity index (χ0n) is 34.6. The summed E-state index contributed by atoms with van der Waals surface area (Å²) in [5.74, 6) is 7.69. The Labute approximate surface area is 362 Å². The van der Waals surface area contributed by atoms with Crippen molar-refractivity contribution in [3.8, 4) is 68.2 Å². The molecule has 8 heteroatoms. The predicted molar refractivity (Wildman–Crippen MR) is 250 cm³/mol. The summed E-state index contributed by atoms with van der Waals surface area (Å²) in [5, 5.41) is 0. The van der Waals surface area contributed by atoms with Gasteiger partial charge in [-0.2, -0.15) is 0 Å². The van der Waals surface area contributed by atoms with Crippen molar-refractivity contribution in [1.29, 1.82) is 0 Å². The molecular weight excluding hydrogens is 762 g/mol. The van der Waals surface area contributed by atoms with Gasteiger partial charge < -0.3 is 28.7 Å². The summed E-state index contributed by atoms with van der Waals surface area (Å²) in [6.45, 7) is 4.22. The third-order valence-electron chi connectivity index (χ3n) is 15.3. The Morgan fingerprint density at radius 2 is 0.726 bits per heavy atom. The topological polar surface area (TPSA) is 43.4 Å². The second kappa shape index (κ2) is 12.5. The molecule has 0 amide bonds. The molecule has 7 aromatic carbocycles. The highest BCUT2D eigenvalue weighted by Gasteiger charge is 2.49. The lowest BCUT2D eigenvalue weighted by atomic mass is 9.31. The van der Waals surface area contributed by atoms with Crippen LogP contribution in [-0.4, -0.2) is 39.6 Å². The van der Waals surface area contributed by atoms with Gasteiger partial charge in [0.25, 0.3) is 13.4 Å². The zero-order chi connectivity index (χ0) is 40.2. The normalized spacial score (nSPS) is 17.3. The van der Waals surface area contributed by atoms with E-state index in [1.54, 1.807) is 0 Å². The lowest BCUT2D eigenvalue weighted by Crippen LogP contribution is -2.62. The number of anilines is 2. The van der Waals surface area contributed by atoms with E-state index >= 15 is 0 Å². The lowest BCUT2D eigenvalue weighted by molar-refractivity contribution is 0.438. The van der Waals surface area contributed by atoms with E-state index in [9.17, 15) is 0 Å². The molecule has 8 aliphatic rings. The molecule has 0 fully saturated rings. The van der Waals surface area contributed by atoms with Gasteiger partial charge in [0.15, 0.2) is 0 Å². The smallest absolute Gasteiger partial charge is 0.260 e. The first-order chi connectivity index (χ1) is 30.7. The Bertz CT molecular complexity index is 2920. The Kier molecular flexibility index (Phi) is 6.89. The quantitative estimate of drug-likeness (QED) is 0.166. The Balaban J connectivity index is 0.981. The van der Waals surface area contributed by atoms with Crippen LogP contribution in [0.2, 0.25) is 0 Å². The number of benzene rings is 7. The van der Waals surface area contributed by atoms with E-state index in [-0.39, 0.29) is 13.4 Å². The summed E-state index contributed by atoms with van der Waals surface area (Å²) in [6, 6.07) is 39.8. The Morgan fingerprint density at radius 3 is 1.11 bits per heavy atom. The monoisotopic (exact) mass is 804 g/mol. The van der Waals surface area contributed by atoms with Gasteiger partial charge in [-0.25, -0.2) is 0 Å². The molecule has 15 rings (SSSR count). The largest absolute Gasteiger partial charge is 0.458 e. The number of ether oxygens (including phenoxy) is 4. The standard InChI is InChI=1S/C54H42B2N2O4/c1-3-11-31(12-4-1)33-19-21-39-43(27-33)59-51-35-15-7-23-57-25-9-17-37(49(35)57)53-47(51)55(39)41-29-42-46(30-45(41)61-53)62-54-38-18-10-26-58-24-8-16-36(50(38)58)52-48(54)56(42)40-22-20-34(28-44(40)60-52)32-13-5-2-6-14-32/h1-6,11-14,19-22,27-30H,7-10,15-18,23-26H2. The molecule has 0 saturated heterocycles. The molecule has 62 heavy (non-hydrogen) atoms. The van der Waals surface area contributed by atoms with E-state index in [0.29, 0.717) is 0 Å². The van der Waals surface area contributed by atoms with Crippen LogP contribution in [-0.2, 0) is 25.7 Å². The average Bonchev–Trinajstić information content (AvgIpc) is 3.33. The molecule has 0 aromatic heterocycles. The van der Waals surface area contributed by atoms with Crippen molar-refractivity contribution in [1.82, 2.24) is 0 Å². The highest BCUT2D eigenvalue weighted by atomic mass is 16.5. The lowest BCUT2D eigenvalue weighted by Gasteiger charge is -2.44. The molecule has 8 heterocycles. The third kappa shape index (κ3) is 4.57. The molecule has 0 radical (unpaired) electrons. The fourth-order valence-corrected chi connectivity index (χ4v) is 12.8. The van der Waals surface area contributed by atoms with Crippen LogP contribution in [0.25, 0.3) is 22.3 Å². The van der Waals surface area contributed by atoms with E-state index < -0.39 is 0 Å². The van der Waals surface area contributed by atoms with Crippen molar-refractivity contribution in [2.24, 2.45) is 0 Å². The van der Waals surface area contributed by atoms with Gasteiger partial charge in [-0.3, -0.25) is 0 Å². The molecule has 0 N–H and O–H groups in total. The van der Waals surface area contributed by atoms with Crippen LogP contribution < -0.4 is 61.5 Å². The molecule has 0 saturated carbocycles. The van der Waals surface area contributed by atoms with Gasteiger partial charge in [0, 0.05) is 65.4 Å². The van der Waals surface area contributed by atoms with Crippen LogP contribution in [0.3, 0.4) is 0 Å². The van der Waals surface area contributed by atoms with Crippen molar-refractivity contribution >= 4 is 57.6 Å². The average molecular weight is 805 g/mol. The second-order valence-electron chi connectivity index (χ2n) is 18.6. The SMILES string of the molecule is c1ccc(-c2ccc3c(c2)Oc2c4c5c(c6c2B3c2cc3c(cc2O6)Oc2c6c7c(c8c2B3c2ccc(-c3ccccc3)cc2O8)CCCN7CCC6)CCCN5CCC4)cc1. The molecule has 0 spiro atoms. The van der Waals surface area contributed by atoms with Crippen LogP contribution in [0.1, 0.15) is 47.9 Å². The molecule has 0 bridgehead atoms. The molecule has 7 aromatic rings. The number of rotatable bonds is 2. The summed E-state index contributed by atoms with van der Waals surface area (Å²) in [6.07, 6.45) is 8.56. The first-order valence-corrected chi connectivity index (χ1v) is 22.9. The molecule has 0 aliphatic carbocycles. The van der Waals surface area contributed by atoms with Crippen LogP contribution in [0, 0.1) is 0 Å². The number of fused-ring (bicyclic) bond motifs is 12. The molecule has 298 valence electrons. The first-order valence-electron chi connectivity index (χ1n) is 22.9. The fourth-order valence-electron chi connectivity index (χ4n) is 12.8. The van der Waals surface area contributed by atoms with E-state index in [2.05, 4.69) is 119 Å². The number of nitrogens with zero attached hydrogens (tertiary/aromatic N) is 2. The fraction of sp³-hybridized carbons (Fsp3) is 0.222. The summed E-state index contributed by atoms with van der Waals surface area (Å²) in [4.78, 5) is 5.21. The summed E-state index contributed by atoms with van der Waals surface area (Å²) < 4.78 is 29.2. The van der Waals surface area contributed by atoms with Gasteiger partial charge in [0.1, 0.15) is 46.0 Å². The van der Waals surface area contributed by atoms with Gasteiger partial charge in [-0.15, -0.1) is 0 Å². The molecule has 6 nitrogen and oxygen atoms in total. The summed E-state index contributed by atoms with van der Waals surface area (Å²) in [7, 11) is 0. The number of hydrogen-bond acceptors (Lipinski definition) is 6. The van der Waals surface area contributed by atoms with Gasteiger partial charge in [0.2, 0.25) is 0 Å². The minimum absolute atomic E-state index is 0.0552. The maximum atomic E-state index is 7.35. The molecule has 0 unspecified atom stereocenters. The molecular formula is C54H42B2N2O4. The zero-order valence-corrected chi connectivity index (χ0v) is 34.6. The van der Waals surface area contributed by atoms with Gasteiger partial charge >= 0.3 is 0 Å². The molecule has 8 aliphatic heterocycles. The first kappa shape index (κ1) is 34.1. The van der Waals surface area contributed by atoms with E-state index in [0.717, 1.165) is 135 Å². The van der Waals surface area contributed by atoms with Gasteiger partial charge in [-0.05, 0) is 108 Å². The van der Waals surface area contributed by atoms with Crippen molar-refractivity contribution in [2.45, 2.75) is 51.4 Å². The van der Waals surface area contributed by atoms with E-state index in [1.165, 1.54) is 77.5 Å². The van der Waals surface area contributed by atoms with Crippen LogP contribution in [0.4, 0.5) is 11.4 Å². The maximum absolute atomic E-state index is 7.35. The Morgan fingerprint density at radius 1 is 0.355 bits per heavy atom. The van der Waals surface area contributed by atoms with Crippen molar-refractivity contribution in [3.63, 3.8) is 0 Å². The highest BCUT2D eigenvalue weighted by molar-refractivity contribution is 7.01. The third-order valence-corrected chi connectivity index (χ3v) is 15.3. The van der Waals surface area contributed by atoms with Crippen LogP contribution >= 0.6 is 0 Å². The van der Waals surface area contributed by atoms with Crippen molar-refractivity contribution < 1.29 is 18.9 Å². The second-order valence-corrected chi connectivity index (χ2v) is 18.6.